The molecule has 0 unspecified atom stereocenters. The number of methoxy groups -OCH3 is 1. The van der Waals surface area contributed by atoms with Crippen LogP contribution in [0, 0.1) is 11.8 Å². The van der Waals surface area contributed by atoms with Crippen LogP contribution in [0.4, 0.5) is 8.78 Å². The third kappa shape index (κ3) is 2.66. The highest BCUT2D eigenvalue weighted by molar-refractivity contribution is 5.91. The van der Waals surface area contributed by atoms with Gasteiger partial charge in [-0.25, -0.2) is 9.78 Å². The second-order valence-corrected chi connectivity index (χ2v) is 3.68. The first-order valence-corrected chi connectivity index (χ1v) is 5.42. The van der Waals surface area contributed by atoms with Crippen LogP contribution in [0.3, 0.4) is 0 Å². The Hall–Kier alpha value is -2.70. The van der Waals surface area contributed by atoms with Crippen molar-refractivity contribution in [2.45, 2.75) is 0 Å². The van der Waals surface area contributed by atoms with Crippen LogP contribution in [-0.2, 0) is 0 Å². The summed E-state index contributed by atoms with van der Waals surface area (Å²) in [6.45, 7) is 0. The molecule has 0 radical (unpaired) electrons. The Labute approximate surface area is 112 Å². The van der Waals surface area contributed by atoms with Crippen LogP contribution < -0.4 is 9.47 Å². The number of pyridine rings is 1. The summed E-state index contributed by atoms with van der Waals surface area (Å²) in [5.41, 5.74) is -0.153. The molecular formula is C13H9F2NO4. The first kappa shape index (κ1) is 13.7. The van der Waals surface area contributed by atoms with Crippen LogP contribution in [-0.4, -0.2) is 23.2 Å². The average molecular weight is 281 g/mol. The lowest BCUT2D eigenvalue weighted by atomic mass is 10.2. The smallest absolute Gasteiger partial charge is 0.339 e. The summed E-state index contributed by atoms with van der Waals surface area (Å²) in [5, 5.41) is 9.01. The summed E-state index contributed by atoms with van der Waals surface area (Å²) < 4.78 is 36.3. The molecule has 104 valence electrons. The molecule has 0 aliphatic heterocycles. The van der Waals surface area contributed by atoms with Gasteiger partial charge in [-0.3, -0.25) is 0 Å². The number of aromatic carboxylic acids is 1. The van der Waals surface area contributed by atoms with E-state index in [0.717, 1.165) is 18.3 Å². The van der Waals surface area contributed by atoms with Gasteiger partial charge in [-0.2, -0.15) is 8.78 Å². The summed E-state index contributed by atoms with van der Waals surface area (Å²) in [7, 11) is 1.32. The van der Waals surface area contributed by atoms with Gasteiger partial charge in [0.15, 0.2) is 5.75 Å². The van der Waals surface area contributed by atoms with Gasteiger partial charge in [0, 0.05) is 12.3 Å². The third-order valence-corrected chi connectivity index (χ3v) is 2.44. The Balaban J connectivity index is 2.37. The Morgan fingerprint density at radius 1 is 1.25 bits per heavy atom. The predicted octanol–water partition coefficient (Wildman–Crippen LogP) is 2.86. The van der Waals surface area contributed by atoms with E-state index in [1.807, 2.05) is 0 Å². The molecule has 5 nitrogen and oxygen atoms in total. The van der Waals surface area contributed by atoms with Crippen molar-refractivity contribution in [3.8, 4) is 17.2 Å². The minimum atomic E-state index is -1.30. The van der Waals surface area contributed by atoms with Gasteiger partial charge in [0.2, 0.25) is 5.82 Å². The van der Waals surface area contributed by atoms with Crippen LogP contribution >= 0.6 is 0 Å². The summed E-state index contributed by atoms with van der Waals surface area (Å²) >= 11 is 0. The summed E-state index contributed by atoms with van der Waals surface area (Å²) in [6.07, 6.45) is 1.04. The van der Waals surface area contributed by atoms with Crippen molar-refractivity contribution in [1.82, 2.24) is 4.98 Å². The zero-order chi connectivity index (χ0) is 14.7. The fourth-order valence-electron chi connectivity index (χ4n) is 1.53. The van der Waals surface area contributed by atoms with Crippen molar-refractivity contribution in [3.63, 3.8) is 0 Å². The normalized spacial score (nSPS) is 10.2. The topological polar surface area (TPSA) is 68.7 Å². The maximum absolute atomic E-state index is 13.4. The number of carbonyl (C=O) groups is 1. The summed E-state index contributed by atoms with van der Waals surface area (Å²) in [4.78, 5) is 14.1. The molecule has 20 heavy (non-hydrogen) atoms. The SMILES string of the molecule is COc1ccc(Oc2ccnc(F)c2F)cc1C(=O)O. The van der Waals surface area contributed by atoms with Crippen molar-refractivity contribution < 1.29 is 28.2 Å². The third-order valence-electron chi connectivity index (χ3n) is 2.44. The van der Waals surface area contributed by atoms with Crippen molar-refractivity contribution in [2.24, 2.45) is 0 Å². The van der Waals surface area contributed by atoms with Gasteiger partial charge in [0.05, 0.1) is 7.11 Å². The monoisotopic (exact) mass is 281 g/mol. The van der Waals surface area contributed by atoms with Gasteiger partial charge in [-0.1, -0.05) is 0 Å². The Bertz CT molecular complexity index is 661. The van der Waals surface area contributed by atoms with Crippen LogP contribution in [0.25, 0.3) is 0 Å². The molecule has 0 amide bonds. The van der Waals surface area contributed by atoms with Crippen LogP contribution in [0.5, 0.6) is 17.2 Å². The number of nitrogens with zero attached hydrogens (tertiary/aromatic N) is 1. The number of aromatic nitrogens is 1. The van der Waals surface area contributed by atoms with Crippen molar-refractivity contribution in [2.75, 3.05) is 7.11 Å². The van der Waals surface area contributed by atoms with Crippen molar-refractivity contribution >= 4 is 5.97 Å². The van der Waals surface area contributed by atoms with E-state index in [9.17, 15) is 13.6 Å². The highest BCUT2D eigenvalue weighted by Gasteiger charge is 2.15. The molecule has 0 atom stereocenters. The number of benzene rings is 1. The molecule has 1 aromatic heterocycles. The molecule has 7 heteroatoms. The molecule has 1 N–H and O–H groups in total. The minimum Gasteiger partial charge on any atom is -0.496 e. The summed E-state index contributed by atoms with van der Waals surface area (Å²) in [6, 6.07) is 5.01. The molecule has 0 saturated heterocycles. The predicted molar refractivity (Wildman–Crippen MR) is 64.2 cm³/mol. The lowest BCUT2D eigenvalue weighted by Crippen LogP contribution is -2.01. The molecular weight excluding hydrogens is 272 g/mol. The first-order chi connectivity index (χ1) is 9.52. The van der Waals surface area contributed by atoms with E-state index >= 15 is 0 Å². The highest BCUT2D eigenvalue weighted by atomic mass is 19.2. The maximum Gasteiger partial charge on any atom is 0.339 e. The number of ether oxygens (including phenoxy) is 2. The zero-order valence-corrected chi connectivity index (χ0v) is 10.3. The Morgan fingerprint density at radius 2 is 2.00 bits per heavy atom. The average Bonchev–Trinajstić information content (AvgIpc) is 2.43. The Kier molecular flexibility index (Phi) is 3.79. The number of carboxylic acids is 1. The highest BCUT2D eigenvalue weighted by Crippen LogP contribution is 2.29. The van der Waals surface area contributed by atoms with Gasteiger partial charge in [0.1, 0.15) is 17.1 Å². The summed E-state index contributed by atoms with van der Waals surface area (Å²) in [5.74, 6) is -4.00. The van der Waals surface area contributed by atoms with E-state index in [1.54, 1.807) is 0 Å². The van der Waals surface area contributed by atoms with Gasteiger partial charge in [0.25, 0.3) is 5.95 Å². The number of rotatable bonds is 4. The lowest BCUT2D eigenvalue weighted by molar-refractivity contribution is 0.0693. The van der Waals surface area contributed by atoms with Gasteiger partial charge >= 0.3 is 5.97 Å². The standard InChI is InChI=1S/C13H9F2NO4/c1-19-9-3-2-7(6-8(9)13(17)18)20-10-4-5-16-12(15)11(10)14/h2-6H,1H3,(H,17,18). The minimum absolute atomic E-state index is 0.0349. The van der Waals surface area contributed by atoms with E-state index in [-0.39, 0.29) is 22.8 Å². The molecule has 0 aliphatic rings. The molecule has 0 fully saturated rings. The Morgan fingerprint density at radius 3 is 2.65 bits per heavy atom. The number of carboxylic acid groups (broad SMARTS) is 1. The largest absolute Gasteiger partial charge is 0.496 e. The molecule has 2 aromatic rings. The van der Waals surface area contributed by atoms with Gasteiger partial charge < -0.3 is 14.6 Å². The maximum atomic E-state index is 13.4. The van der Waals surface area contributed by atoms with Crippen LogP contribution in [0.15, 0.2) is 30.5 Å². The molecule has 1 aromatic carbocycles. The van der Waals surface area contributed by atoms with E-state index in [0.29, 0.717) is 0 Å². The number of hydrogen-bond acceptors (Lipinski definition) is 4. The number of hydrogen-bond donors (Lipinski definition) is 1. The lowest BCUT2D eigenvalue weighted by Gasteiger charge is -2.09. The van der Waals surface area contributed by atoms with E-state index in [4.69, 9.17) is 14.6 Å². The molecule has 1 heterocycles. The van der Waals surface area contributed by atoms with Gasteiger partial charge in [-0.15, -0.1) is 0 Å². The second kappa shape index (κ2) is 5.52. The fourth-order valence-corrected chi connectivity index (χ4v) is 1.53. The molecule has 2 rings (SSSR count). The quantitative estimate of drug-likeness (QED) is 0.873. The molecule has 0 spiro atoms. The van der Waals surface area contributed by atoms with Crippen molar-refractivity contribution in [1.29, 1.82) is 0 Å². The first-order valence-electron chi connectivity index (χ1n) is 5.42. The van der Waals surface area contributed by atoms with Gasteiger partial charge in [-0.05, 0) is 18.2 Å². The van der Waals surface area contributed by atoms with E-state index < -0.39 is 17.7 Å². The zero-order valence-electron chi connectivity index (χ0n) is 10.3. The molecule has 0 bridgehead atoms. The van der Waals surface area contributed by atoms with Crippen molar-refractivity contribution in [3.05, 3.63) is 47.8 Å². The van der Waals surface area contributed by atoms with Crippen LogP contribution in [0.2, 0.25) is 0 Å². The number of halogens is 2. The fraction of sp³-hybridized carbons (Fsp3) is 0.0769. The molecule has 0 aliphatic carbocycles. The second-order valence-electron chi connectivity index (χ2n) is 3.68. The van der Waals surface area contributed by atoms with E-state index in [1.165, 1.54) is 19.2 Å². The van der Waals surface area contributed by atoms with Crippen LogP contribution in [0.1, 0.15) is 10.4 Å². The molecule has 0 saturated carbocycles. The van der Waals surface area contributed by atoms with E-state index in [2.05, 4.69) is 4.98 Å².